The number of anilines is 1. The first-order chi connectivity index (χ1) is 9.95. The van der Waals surface area contributed by atoms with Crippen molar-refractivity contribution in [2.75, 3.05) is 29.9 Å². The van der Waals surface area contributed by atoms with Crippen LogP contribution < -0.4 is 5.32 Å². The van der Waals surface area contributed by atoms with Gasteiger partial charge >= 0.3 is 0 Å². The lowest BCUT2D eigenvalue weighted by molar-refractivity contribution is 0.0772. The molecule has 0 radical (unpaired) electrons. The van der Waals surface area contributed by atoms with Crippen LogP contribution in [0.5, 0.6) is 0 Å². The minimum Gasteiger partial charge on any atom is -0.350 e. The molecule has 1 unspecified atom stereocenters. The van der Waals surface area contributed by atoms with Crippen molar-refractivity contribution in [1.29, 1.82) is 0 Å². The van der Waals surface area contributed by atoms with Gasteiger partial charge in [0.1, 0.15) is 0 Å². The fourth-order valence-corrected chi connectivity index (χ4v) is 3.97. The third-order valence-electron chi connectivity index (χ3n) is 3.52. The summed E-state index contributed by atoms with van der Waals surface area (Å²) < 4.78 is 22.8. The number of rotatable bonds is 5. The minimum atomic E-state index is -2.93. The van der Waals surface area contributed by atoms with Crippen molar-refractivity contribution in [3.63, 3.8) is 0 Å². The quantitative estimate of drug-likeness (QED) is 0.854. The maximum Gasteiger partial charge on any atom is 0.256 e. The standard InChI is InChI=1S/C13H20N4O3S/c1-3-17(4-2)12(18)10-7-14-13(15-8-10)16-11-5-6-21(19,20)9-11/h7-8,11H,3-6,9H2,1-2H3,(H,14,15,16). The van der Waals surface area contributed by atoms with E-state index in [-0.39, 0.29) is 23.5 Å². The second-order valence-corrected chi connectivity index (χ2v) is 7.25. The van der Waals surface area contributed by atoms with Crippen LogP contribution in [0.1, 0.15) is 30.6 Å². The predicted octanol–water partition coefficient (Wildman–Crippen LogP) is 0.558. The van der Waals surface area contributed by atoms with E-state index >= 15 is 0 Å². The van der Waals surface area contributed by atoms with Gasteiger partial charge in [-0.15, -0.1) is 0 Å². The zero-order valence-corrected chi connectivity index (χ0v) is 13.1. The molecule has 1 N–H and O–H groups in total. The van der Waals surface area contributed by atoms with Crippen LogP contribution in [-0.2, 0) is 9.84 Å². The van der Waals surface area contributed by atoms with Crippen molar-refractivity contribution >= 4 is 21.7 Å². The molecule has 1 aliphatic heterocycles. The molecule has 1 saturated heterocycles. The number of carbonyl (C=O) groups excluding carboxylic acids is 1. The van der Waals surface area contributed by atoms with E-state index in [9.17, 15) is 13.2 Å². The molecule has 0 bridgehead atoms. The maximum atomic E-state index is 12.1. The van der Waals surface area contributed by atoms with Crippen LogP contribution in [0.4, 0.5) is 5.95 Å². The van der Waals surface area contributed by atoms with Crippen LogP contribution in [0, 0.1) is 0 Å². The molecule has 8 heteroatoms. The first kappa shape index (κ1) is 15.7. The monoisotopic (exact) mass is 312 g/mol. The second kappa shape index (κ2) is 6.38. The van der Waals surface area contributed by atoms with Gasteiger partial charge < -0.3 is 10.2 Å². The molecule has 7 nitrogen and oxygen atoms in total. The van der Waals surface area contributed by atoms with E-state index in [0.29, 0.717) is 31.0 Å². The van der Waals surface area contributed by atoms with Crippen molar-refractivity contribution < 1.29 is 13.2 Å². The second-order valence-electron chi connectivity index (χ2n) is 5.02. The van der Waals surface area contributed by atoms with Gasteiger partial charge in [0.25, 0.3) is 5.91 Å². The van der Waals surface area contributed by atoms with Crippen molar-refractivity contribution in [3.8, 4) is 0 Å². The van der Waals surface area contributed by atoms with Gasteiger partial charge in [0, 0.05) is 31.5 Å². The molecule has 21 heavy (non-hydrogen) atoms. The molecular weight excluding hydrogens is 292 g/mol. The van der Waals surface area contributed by atoms with Gasteiger partial charge in [-0.05, 0) is 20.3 Å². The topological polar surface area (TPSA) is 92.3 Å². The zero-order valence-electron chi connectivity index (χ0n) is 12.2. The van der Waals surface area contributed by atoms with Crippen molar-refractivity contribution in [1.82, 2.24) is 14.9 Å². The summed E-state index contributed by atoms with van der Waals surface area (Å²) in [5, 5.41) is 2.99. The third kappa shape index (κ3) is 3.90. The van der Waals surface area contributed by atoms with E-state index < -0.39 is 9.84 Å². The molecular formula is C13H20N4O3S. The van der Waals surface area contributed by atoms with E-state index in [1.807, 2.05) is 13.8 Å². The number of carbonyl (C=O) groups is 1. The van der Waals surface area contributed by atoms with E-state index in [1.165, 1.54) is 12.4 Å². The Morgan fingerprint density at radius 1 is 1.33 bits per heavy atom. The molecule has 1 aliphatic rings. The molecule has 0 spiro atoms. The number of hydrogen-bond acceptors (Lipinski definition) is 6. The highest BCUT2D eigenvalue weighted by Gasteiger charge is 2.28. The fraction of sp³-hybridized carbons (Fsp3) is 0.615. The van der Waals surface area contributed by atoms with Gasteiger partial charge in [0.15, 0.2) is 9.84 Å². The molecule has 1 amide bonds. The summed E-state index contributed by atoms with van der Waals surface area (Å²) in [7, 11) is -2.93. The van der Waals surface area contributed by atoms with Crippen molar-refractivity contribution in [3.05, 3.63) is 18.0 Å². The Labute approximate surface area is 124 Å². The molecule has 116 valence electrons. The van der Waals surface area contributed by atoms with Gasteiger partial charge in [0.05, 0.1) is 17.1 Å². The Morgan fingerprint density at radius 3 is 2.43 bits per heavy atom. The molecule has 1 fully saturated rings. The normalized spacial score (nSPS) is 20.2. The van der Waals surface area contributed by atoms with E-state index in [2.05, 4.69) is 15.3 Å². The Hall–Kier alpha value is -1.70. The molecule has 2 heterocycles. The molecule has 1 aromatic heterocycles. The molecule has 0 aliphatic carbocycles. The minimum absolute atomic E-state index is 0.102. The first-order valence-electron chi connectivity index (χ1n) is 7.03. The van der Waals surface area contributed by atoms with Crippen LogP contribution in [0.15, 0.2) is 12.4 Å². The fourth-order valence-electron chi connectivity index (χ4n) is 2.30. The number of nitrogens with zero attached hydrogens (tertiary/aromatic N) is 3. The molecule has 1 atom stereocenters. The van der Waals surface area contributed by atoms with Gasteiger partial charge in [-0.25, -0.2) is 18.4 Å². The largest absolute Gasteiger partial charge is 0.350 e. The highest BCUT2D eigenvalue weighted by atomic mass is 32.2. The van der Waals surface area contributed by atoms with E-state index in [1.54, 1.807) is 4.90 Å². The first-order valence-corrected chi connectivity index (χ1v) is 8.85. The number of nitrogens with one attached hydrogen (secondary N) is 1. The number of hydrogen-bond donors (Lipinski definition) is 1. The molecule has 0 saturated carbocycles. The molecule has 2 rings (SSSR count). The van der Waals surface area contributed by atoms with Gasteiger partial charge in [-0.2, -0.15) is 0 Å². The number of sulfone groups is 1. The van der Waals surface area contributed by atoms with Crippen LogP contribution >= 0.6 is 0 Å². The Kier molecular flexibility index (Phi) is 4.76. The van der Waals surface area contributed by atoms with Gasteiger partial charge in [0.2, 0.25) is 5.95 Å². The number of amides is 1. The lowest BCUT2D eigenvalue weighted by Gasteiger charge is -2.18. The summed E-state index contributed by atoms with van der Waals surface area (Å²) in [6.07, 6.45) is 3.50. The number of aromatic nitrogens is 2. The van der Waals surface area contributed by atoms with Crippen molar-refractivity contribution in [2.45, 2.75) is 26.3 Å². The van der Waals surface area contributed by atoms with Crippen LogP contribution in [0.2, 0.25) is 0 Å². The SMILES string of the molecule is CCN(CC)C(=O)c1cnc(NC2CCS(=O)(=O)C2)nc1. The average molecular weight is 312 g/mol. The van der Waals surface area contributed by atoms with E-state index in [4.69, 9.17) is 0 Å². The lowest BCUT2D eigenvalue weighted by Crippen LogP contribution is -2.30. The van der Waals surface area contributed by atoms with Gasteiger partial charge in [-0.3, -0.25) is 4.79 Å². The third-order valence-corrected chi connectivity index (χ3v) is 5.28. The van der Waals surface area contributed by atoms with Crippen LogP contribution in [0.25, 0.3) is 0 Å². The van der Waals surface area contributed by atoms with Crippen LogP contribution in [0.3, 0.4) is 0 Å². The smallest absolute Gasteiger partial charge is 0.256 e. The summed E-state index contributed by atoms with van der Waals surface area (Å²) in [5.74, 6) is 0.558. The highest BCUT2D eigenvalue weighted by Crippen LogP contribution is 2.15. The maximum absolute atomic E-state index is 12.1. The summed E-state index contributed by atoms with van der Waals surface area (Å²) in [6, 6.07) is -0.153. The molecule has 0 aromatic carbocycles. The summed E-state index contributed by atoms with van der Waals surface area (Å²) >= 11 is 0. The Bertz CT molecular complexity index is 596. The summed E-state index contributed by atoms with van der Waals surface area (Å²) in [5.41, 5.74) is 0.434. The lowest BCUT2D eigenvalue weighted by atomic mass is 10.2. The van der Waals surface area contributed by atoms with Crippen molar-refractivity contribution in [2.24, 2.45) is 0 Å². The zero-order chi connectivity index (χ0) is 15.5. The van der Waals surface area contributed by atoms with E-state index in [0.717, 1.165) is 0 Å². The van der Waals surface area contributed by atoms with Crippen LogP contribution in [-0.4, -0.2) is 59.8 Å². The molecule has 1 aromatic rings. The highest BCUT2D eigenvalue weighted by molar-refractivity contribution is 7.91. The summed E-state index contributed by atoms with van der Waals surface area (Å²) in [6.45, 7) is 5.10. The predicted molar refractivity (Wildman–Crippen MR) is 80.0 cm³/mol. The summed E-state index contributed by atoms with van der Waals surface area (Å²) in [4.78, 5) is 22.0. The Balaban J connectivity index is 2.01. The Morgan fingerprint density at radius 2 is 1.95 bits per heavy atom. The van der Waals surface area contributed by atoms with Gasteiger partial charge in [-0.1, -0.05) is 0 Å². The average Bonchev–Trinajstić information content (AvgIpc) is 2.80.